The van der Waals surface area contributed by atoms with Crippen LogP contribution in [-0.4, -0.2) is 61.9 Å². The third-order valence-electron chi connectivity index (χ3n) is 7.44. The zero-order valence-electron chi connectivity index (χ0n) is 24.8. The molecule has 0 aliphatic carbocycles. The Morgan fingerprint density at radius 2 is 1.73 bits per heavy atom. The Hall–Kier alpha value is -5.49. The number of fused-ring (bicyclic) bond motifs is 2. The van der Waals surface area contributed by atoms with Crippen LogP contribution < -0.4 is 21.1 Å². The number of ether oxygens (including phenoxy) is 1. The number of para-hydroxylation sites is 2. The molecule has 7 rings (SSSR count). The van der Waals surface area contributed by atoms with Gasteiger partial charge in [0.25, 0.3) is 5.97 Å². The van der Waals surface area contributed by atoms with E-state index in [-0.39, 0.29) is 11.8 Å². The van der Waals surface area contributed by atoms with Gasteiger partial charge < -0.3 is 31.3 Å². The van der Waals surface area contributed by atoms with Crippen LogP contribution in [0, 0.1) is 0 Å². The number of phenols is 1. The topological polar surface area (TPSA) is 178 Å². The van der Waals surface area contributed by atoms with E-state index in [0.29, 0.717) is 30.3 Å². The molecule has 3 aromatic carbocycles. The average molecular weight is 610 g/mol. The Kier molecular flexibility index (Phi) is 9.85. The first-order valence-electron chi connectivity index (χ1n) is 14.6. The highest BCUT2D eigenvalue weighted by Crippen LogP contribution is 2.36. The summed E-state index contributed by atoms with van der Waals surface area (Å²) in [6.07, 6.45) is 4.19. The van der Waals surface area contributed by atoms with Gasteiger partial charge in [0.05, 0.1) is 23.0 Å². The lowest BCUT2D eigenvalue weighted by Gasteiger charge is -2.23. The SMILES string of the molecule is CC(=O)O.Nc1ncnc2c1c(-c1ccc(NC3COc4ccccc43)cc1)nn2C1CCNCC1.O=Cc1ccccc1O. The Labute approximate surface area is 259 Å². The van der Waals surface area contributed by atoms with E-state index in [1.807, 2.05) is 22.9 Å². The van der Waals surface area contributed by atoms with Gasteiger partial charge in [0.15, 0.2) is 11.9 Å². The maximum atomic E-state index is 10.1. The van der Waals surface area contributed by atoms with Gasteiger partial charge in [-0.3, -0.25) is 9.59 Å². The number of rotatable bonds is 5. The molecular weight excluding hydrogens is 574 g/mol. The minimum absolute atomic E-state index is 0.0347. The van der Waals surface area contributed by atoms with Crippen molar-refractivity contribution in [3.8, 4) is 22.8 Å². The largest absolute Gasteiger partial charge is 0.507 e. The molecule has 0 radical (unpaired) electrons. The van der Waals surface area contributed by atoms with Crippen molar-refractivity contribution in [2.45, 2.75) is 31.8 Å². The number of nitrogens with one attached hydrogen (secondary N) is 2. The Morgan fingerprint density at radius 1 is 1.04 bits per heavy atom. The molecule has 1 unspecified atom stereocenters. The lowest BCUT2D eigenvalue weighted by atomic mass is 10.1. The van der Waals surface area contributed by atoms with Gasteiger partial charge in [-0.2, -0.15) is 5.10 Å². The molecule has 0 bridgehead atoms. The summed E-state index contributed by atoms with van der Waals surface area (Å²) in [5.41, 5.74) is 11.5. The van der Waals surface area contributed by atoms with Crippen molar-refractivity contribution in [3.63, 3.8) is 0 Å². The van der Waals surface area contributed by atoms with Crippen LogP contribution in [0.3, 0.4) is 0 Å². The number of carboxylic acids is 1. The van der Waals surface area contributed by atoms with E-state index in [2.05, 4.69) is 50.9 Å². The van der Waals surface area contributed by atoms with E-state index < -0.39 is 5.97 Å². The predicted octanol–water partition coefficient (Wildman–Crippen LogP) is 4.84. The van der Waals surface area contributed by atoms with E-state index in [9.17, 15) is 4.79 Å². The Balaban J connectivity index is 0.000000259. The normalized spacial score (nSPS) is 15.4. The third kappa shape index (κ3) is 7.36. The van der Waals surface area contributed by atoms with Crippen molar-refractivity contribution in [3.05, 3.63) is 90.3 Å². The maximum Gasteiger partial charge on any atom is 0.300 e. The zero-order chi connectivity index (χ0) is 31.8. The summed E-state index contributed by atoms with van der Waals surface area (Å²) in [6, 6.07) is 23.3. The van der Waals surface area contributed by atoms with E-state index in [1.54, 1.807) is 18.2 Å². The van der Waals surface area contributed by atoms with Crippen LogP contribution >= 0.6 is 0 Å². The van der Waals surface area contributed by atoms with Crippen molar-refractivity contribution < 1.29 is 24.5 Å². The minimum atomic E-state index is -0.833. The van der Waals surface area contributed by atoms with Gasteiger partial charge >= 0.3 is 0 Å². The molecule has 1 atom stereocenters. The van der Waals surface area contributed by atoms with Crippen LogP contribution in [0.25, 0.3) is 22.3 Å². The summed E-state index contributed by atoms with van der Waals surface area (Å²) in [6.45, 7) is 3.67. The number of carbonyl (C=O) groups is 2. The van der Waals surface area contributed by atoms with Gasteiger partial charge in [-0.15, -0.1) is 0 Å². The van der Waals surface area contributed by atoms with Crippen molar-refractivity contribution in [1.82, 2.24) is 25.1 Å². The predicted molar refractivity (Wildman–Crippen MR) is 171 cm³/mol. The molecular formula is C33H35N7O5. The number of aromatic hydroxyl groups is 1. The molecule has 12 nitrogen and oxygen atoms in total. The third-order valence-corrected chi connectivity index (χ3v) is 7.44. The molecule has 0 spiro atoms. The van der Waals surface area contributed by atoms with E-state index >= 15 is 0 Å². The molecule has 4 heterocycles. The fourth-order valence-corrected chi connectivity index (χ4v) is 5.30. The number of benzene rings is 3. The lowest BCUT2D eigenvalue weighted by molar-refractivity contribution is -0.134. The number of aldehydes is 1. The summed E-state index contributed by atoms with van der Waals surface area (Å²) in [4.78, 5) is 27.8. The van der Waals surface area contributed by atoms with Gasteiger partial charge in [0.1, 0.15) is 35.9 Å². The van der Waals surface area contributed by atoms with Gasteiger partial charge in [0, 0.05) is 23.7 Å². The van der Waals surface area contributed by atoms with Gasteiger partial charge in [0.2, 0.25) is 0 Å². The van der Waals surface area contributed by atoms with E-state index in [1.165, 1.54) is 18.0 Å². The molecule has 232 valence electrons. The number of piperidine rings is 1. The molecule has 6 N–H and O–H groups in total. The summed E-state index contributed by atoms with van der Waals surface area (Å²) in [5, 5.41) is 29.1. The molecule has 1 saturated heterocycles. The highest BCUT2D eigenvalue weighted by atomic mass is 16.5. The monoisotopic (exact) mass is 609 g/mol. The number of phenolic OH excluding ortho intramolecular Hbond substituents is 1. The molecule has 45 heavy (non-hydrogen) atoms. The van der Waals surface area contributed by atoms with E-state index in [4.69, 9.17) is 30.6 Å². The standard InChI is InChI=1S/C24H25N7O.C7H6O2.C2H4O2/c25-23-21-22(30-31(24(21)28-14-27-23)17-9-11-26-12-10-17)15-5-7-16(8-6-15)29-19-13-32-20-4-2-1-3-18(19)20;8-5-6-3-1-2-4-7(6)9;1-2(3)4/h1-8,14,17,19,26,29H,9-13H2,(H2,25,27,28);1-5,9H;1H3,(H,3,4). The summed E-state index contributed by atoms with van der Waals surface area (Å²) in [7, 11) is 0. The molecule has 0 saturated carbocycles. The summed E-state index contributed by atoms with van der Waals surface area (Å²) >= 11 is 0. The number of aliphatic carboxylic acids is 1. The van der Waals surface area contributed by atoms with E-state index in [0.717, 1.165) is 66.6 Å². The Morgan fingerprint density at radius 3 is 2.42 bits per heavy atom. The number of carbonyl (C=O) groups excluding carboxylic acids is 1. The van der Waals surface area contributed by atoms with Crippen molar-refractivity contribution in [1.29, 1.82) is 0 Å². The van der Waals surface area contributed by atoms with Crippen LogP contribution in [0.2, 0.25) is 0 Å². The number of hydrogen-bond donors (Lipinski definition) is 5. The quantitative estimate of drug-likeness (QED) is 0.172. The number of carboxylic acid groups (broad SMARTS) is 1. The van der Waals surface area contributed by atoms with Gasteiger partial charge in [-0.1, -0.05) is 42.5 Å². The molecule has 1 fully saturated rings. The highest BCUT2D eigenvalue weighted by molar-refractivity contribution is 5.98. The second-order valence-corrected chi connectivity index (χ2v) is 10.6. The second kappa shape index (κ2) is 14.3. The van der Waals surface area contributed by atoms with Gasteiger partial charge in [-0.25, -0.2) is 14.6 Å². The first-order chi connectivity index (χ1) is 21.9. The molecule has 2 aliphatic rings. The first kappa shape index (κ1) is 31.0. The minimum Gasteiger partial charge on any atom is -0.507 e. The highest BCUT2D eigenvalue weighted by Gasteiger charge is 2.25. The summed E-state index contributed by atoms with van der Waals surface area (Å²) in [5.74, 6) is 0.617. The second-order valence-electron chi connectivity index (χ2n) is 10.6. The number of hydrogen-bond acceptors (Lipinski definition) is 10. The van der Waals surface area contributed by atoms with Crippen molar-refractivity contribution in [2.24, 2.45) is 0 Å². The number of aromatic nitrogens is 4. The van der Waals surface area contributed by atoms with Crippen molar-refractivity contribution >= 4 is 34.8 Å². The number of anilines is 2. The average Bonchev–Trinajstić information content (AvgIpc) is 3.65. The first-order valence-corrected chi connectivity index (χ1v) is 14.6. The van der Waals surface area contributed by atoms with Crippen LogP contribution in [0.1, 0.15) is 47.8 Å². The number of nitrogens with zero attached hydrogens (tertiary/aromatic N) is 4. The molecule has 0 amide bonds. The fraction of sp³-hybridized carbons (Fsp3) is 0.242. The van der Waals surface area contributed by atoms with Crippen molar-refractivity contribution in [2.75, 3.05) is 30.7 Å². The number of nitrogens with two attached hydrogens (primary N) is 1. The van der Waals surface area contributed by atoms with Crippen LogP contribution in [-0.2, 0) is 4.79 Å². The van der Waals surface area contributed by atoms with Crippen LogP contribution in [0.5, 0.6) is 11.5 Å². The molecule has 12 heteroatoms. The fourth-order valence-electron chi connectivity index (χ4n) is 5.30. The smallest absolute Gasteiger partial charge is 0.300 e. The number of nitrogen functional groups attached to an aromatic ring is 1. The van der Waals surface area contributed by atoms with Crippen LogP contribution in [0.4, 0.5) is 11.5 Å². The molecule has 5 aromatic rings. The lowest BCUT2D eigenvalue weighted by Crippen LogP contribution is -2.30. The zero-order valence-corrected chi connectivity index (χ0v) is 24.8. The summed E-state index contributed by atoms with van der Waals surface area (Å²) < 4.78 is 7.83. The van der Waals surface area contributed by atoms with Crippen LogP contribution in [0.15, 0.2) is 79.1 Å². The molecule has 2 aliphatic heterocycles. The van der Waals surface area contributed by atoms with Gasteiger partial charge in [-0.05, 0) is 56.3 Å². The maximum absolute atomic E-state index is 10.1. The Bertz CT molecular complexity index is 1760. The molecule has 2 aromatic heterocycles.